The molecule has 4 nitrogen and oxygen atoms in total. The molecule has 0 aliphatic rings. The maximum atomic E-state index is 5.55. The van der Waals surface area contributed by atoms with Gasteiger partial charge in [0.2, 0.25) is 5.88 Å². The number of ether oxygens (including phenoxy) is 1. The van der Waals surface area contributed by atoms with Crippen molar-refractivity contribution in [1.82, 2.24) is 9.88 Å². The van der Waals surface area contributed by atoms with Crippen molar-refractivity contribution in [1.29, 1.82) is 0 Å². The Labute approximate surface area is 95.0 Å². The number of hydrogen-bond acceptors (Lipinski definition) is 4. The molecule has 2 N–H and O–H groups in total. The second kappa shape index (κ2) is 5.63. The molecule has 1 rings (SSSR count). The van der Waals surface area contributed by atoms with E-state index in [-0.39, 0.29) is 0 Å². The van der Waals surface area contributed by atoms with E-state index in [0.717, 1.165) is 6.54 Å². The van der Waals surface area contributed by atoms with Gasteiger partial charge in [-0.1, -0.05) is 12.2 Å². The topological polar surface area (TPSA) is 51.4 Å². The molecular weight excluding hydrogens is 210 g/mol. The van der Waals surface area contributed by atoms with E-state index in [1.807, 2.05) is 19.0 Å². The third-order valence-corrected chi connectivity index (χ3v) is 2.03. The summed E-state index contributed by atoms with van der Waals surface area (Å²) in [6.45, 7) is 1.40. The maximum Gasteiger partial charge on any atom is 0.223 e. The van der Waals surface area contributed by atoms with Gasteiger partial charge in [-0.3, -0.25) is 0 Å². The monoisotopic (exact) mass is 225 g/mol. The summed E-state index contributed by atoms with van der Waals surface area (Å²) in [6.07, 6.45) is 1.66. The molecule has 1 aromatic rings. The summed E-state index contributed by atoms with van der Waals surface area (Å²) >= 11 is 4.90. The summed E-state index contributed by atoms with van der Waals surface area (Å²) in [5, 5.41) is 0. The third kappa shape index (κ3) is 3.81. The molecule has 0 bridgehead atoms. The van der Waals surface area contributed by atoms with E-state index in [0.29, 0.717) is 23.0 Å². The molecule has 5 heteroatoms. The van der Waals surface area contributed by atoms with Gasteiger partial charge in [-0.15, -0.1) is 0 Å². The lowest BCUT2D eigenvalue weighted by Gasteiger charge is -2.12. The molecular formula is C10H15N3OS. The van der Waals surface area contributed by atoms with Crippen molar-refractivity contribution in [2.24, 2.45) is 5.73 Å². The SMILES string of the molecule is CN(C)CCOc1ncccc1C(N)=S. The number of hydrogen-bond donors (Lipinski definition) is 1. The molecule has 15 heavy (non-hydrogen) atoms. The molecule has 0 atom stereocenters. The third-order valence-electron chi connectivity index (χ3n) is 1.81. The van der Waals surface area contributed by atoms with Crippen LogP contribution in [0.1, 0.15) is 5.56 Å². The molecule has 0 saturated carbocycles. The van der Waals surface area contributed by atoms with Gasteiger partial charge in [0.15, 0.2) is 0 Å². The van der Waals surface area contributed by atoms with Crippen molar-refractivity contribution in [3.63, 3.8) is 0 Å². The van der Waals surface area contributed by atoms with Crippen LogP contribution in [0.3, 0.4) is 0 Å². The molecule has 82 valence electrons. The van der Waals surface area contributed by atoms with Crippen LogP contribution in [0.4, 0.5) is 0 Å². The quantitative estimate of drug-likeness (QED) is 0.746. The smallest absolute Gasteiger partial charge is 0.223 e. The first-order valence-corrected chi connectivity index (χ1v) is 5.04. The second-order valence-electron chi connectivity index (χ2n) is 3.37. The van der Waals surface area contributed by atoms with Crippen LogP contribution < -0.4 is 10.5 Å². The molecule has 0 spiro atoms. The lowest BCUT2D eigenvalue weighted by Crippen LogP contribution is -2.21. The number of rotatable bonds is 5. The van der Waals surface area contributed by atoms with E-state index in [4.69, 9.17) is 22.7 Å². The summed E-state index contributed by atoms with van der Waals surface area (Å²) in [7, 11) is 3.96. The number of pyridine rings is 1. The van der Waals surface area contributed by atoms with Crippen molar-refractivity contribution < 1.29 is 4.74 Å². The fourth-order valence-electron chi connectivity index (χ4n) is 1.02. The van der Waals surface area contributed by atoms with Crippen LogP contribution in [0.5, 0.6) is 5.88 Å². The van der Waals surface area contributed by atoms with Crippen LogP contribution >= 0.6 is 12.2 Å². The van der Waals surface area contributed by atoms with E-state index in [1.165, 1.54) is 0 Å². The molecule has 0 radical (unpaired) electrons. The number of thiocarbonyl (C=S) groups is 1. The Hall–Kier alpha value is -1.20. The molecule has 1 aromatic heterocycles. The van der Waals surface area contributed by atoms with Crippen molar-refractivity contribution in [2.45, 2.75) is 0 Å². The van der Waals surface area contributed by atoms with Gasteiger partial charge in [0.05, 0.1) is 5.56 Å². The molecule has 0 fully saturated rings. The Morgan fingerprint density at radius 1 is 1.60 bits per heavy atom. The highest BCUT2D eigenvalue weighted by Crippen LogP contribution is 2.13. The second-order valence-corrected chi connectivity index (χ2v) is 3.81. The van der Waals surface area contributed by atoms with Gasteiger partial charge in [-0.25, -0.2) is 4.98 Å². The zero-order valence-corrected chi connectivity index (χ0v) is 9.75. The highest BCUT2D eigenvalue weighted by molar-refractivity contribution is 7.80. The Morgan fingerprint density at radius 2 is 2.33 bits per heavy atom. The Balaban J connectivity index is 2.63. The standard InChI is InChI=1S/C10H15N3OS/c1-13(2)6-7-14-10-8(9(11)15)4-3-5-12-10/h3-5H,6-7H2,1-2H3,(H2,11,15). The summed E-state index contributed by atoms with van der Waals surface area (Å²) < 4.78 is 5.49. The van der Waals surface area contributed by atoms with Gasteiger partial charge >= 0.3 is 0 Å². The average molecular weight is 225 g/mol. The first-order chi connectivity index (χ1) is 7.11. The zero-order chi connectivity index (χ0) is 11.3. The molecule has 0 unspecified atom stereocenters. The van der Waals surface area contributed by atoms with E-state index in [2.05, 4.69) is 4.98 Å². The maximum absolute atomic E-state index is 5.55. The molecule has 0 amide bonds. The van der Waals surface area contributed by atoms with Crippen LogP contribution in [-0.4, -0.2) is 42.1 Å². The van der Waals surface area contributed by atoms with Gasteiger partial charge in [0.25, 0.3) is 0 Å². The van der Waals surface area contributed by atoms with Crippen LogP contribution in [0.25, 0.3) is 0 Å². The van der Waals surface area contributed by atoms with E-state index < -0.39 is 0 Å². The first-order valence-electron chi connectivity index (χ1n) is 4.63. The summed E-state index contributed by atoms with van der Waals surface area (Å²) in [6, 6.07) is 3.59. The van der Waals surface area contributed by atoms with E-state index >= 15 is 0 Å². The number of likely N-dealkylation sites (N-methyl/N-ethyl adjacent to an activating group) is 1. The minimum atomic E-state index is 0.308. The lowest BCUT2D eigenvalue weighted by molar-refractivity contribution is 0.253. The first kappa shape index (κ1) is 11.9. The number of nitrogens with zero attached hydrogens (tertiary/aromatic N) is 2. The fourth-order valence-corrected chi connectivity index (χ4v) is 1.17. The van der Waals surface area contributed by atoms with Gasteiger partial charge in [0, 0.05) is 12.7 Å². The average Bonchev–Trinajstić information content (AvgIpc) is 2.17. The Kier molecular flexibility index (Phi) is 4.45. The molecule has 0 aromatic carbocycles. The van der Waals surface area contributed by atoms with Crippen molar-refractivity contribution in [2.75, 3.05) is 27.2 Å². The molecule has 0 aliphatic heterocycles. The van der Waals surface area contributed by atoms with Gasteiger partial charge in [-0.2, -0.15) is 0 Å². The largest absolute Gasteiger partial charge is 0.476 e. The van der Waals surface area contributed by atoms with Crippen LogP contribution in [0.2, 0.25) is 0 Å². The normalized spacial score (nSPS) is 10.3. The summed E-state index contributed by atoms with van der Waals surface area (Å²) in [5.41, 5.74) is 6.23. The number of aromatic nitrogens is 1. The highest BCUT2D eigenvalue weighted by Gasteiger charge is 2.06. The van der Waals surface area contributed by atoms with Crippen molar-refractivity contribution in [3.8, 4) is 5.88 Å². The minimum Gasteiger partial charge on any atom is -0.476 e. The summed E-state index contributed by atoms with van der Waals surface area (Å²) in [5.74, 6) is 0.506. The lowest BCUT2D eigenvalue weighted by atomic mass is 10.3. The minimum absolute atomic E-state index is 0.308. The molecule has 0 saturated heterocycles. The van der Waals surface area contributed by atoms with Crippen LogP contribution in [0, 0.1) is 0 Å². The van der Waals surface area contributed by atoms with E-state index in [1.54, 1.807) is 18.3 Å². The van der Waals surface area contributed by atoms with Gasteiger partial charge in [-0.05, 0) is 26.2 Å². The van der Waals surface area contributed by atoms with Crippen molar-refractivity contribution in [3.05, 3.63) is 23.9 Å². The van der Waals surface area contributed by atoms with Crippen molar-refractivity contribution >= 4 is 17.2 Å². The van der Waals surface area contributed by atoms with Gasteiger partial charge in [0.1, 0.15) is 11.6 Å². The van der Waals surface area contributed by atoms with Crippen LogP contribution in [0.15, 0.2) is 18.3 Å². The molecule has 1 heterocycles. The molecule has 0 aliphatic carbocycles. The Morgan fingerprint density at radius 3 is 2.93 bits per heavy atom. The van der Waals surface area contributed by atoms with Crippen LogP contribution in [-0.2, 0) is 0 Å². The van der Waals surface area contributed by atoms with E-state index in [9.17, 15) is 0 Å². The fraction of sp³-hybridized carbons (Fsp3) is 0.400. The highest BCUT2D eigenvalue weighted by atomic mass is 32.1. The predicted molar refractivity (Wildman–Crippen MR) is 64.2 cm³/mol. The number of nitrogens with two attached hydrogens (primary N) is 1. The van der Waals surface area contributed by atoms with Gasteiger partial charge < -0.3 is 15.4 Å². The summed E-state index contributed by atoms with van der Waals surface area (Å²) in [4.78, 5) is 6.43. The zero-order valence-electron chi connectivity index (χ0n) is 8.93. The Bertz CT molecular complexity index is 341. The predicted octanol–water partition coefficient (Wildman–Crippen LogP) is 0.656.